The minimum atomic E-state index is 0.326. The van der Waals surface area contributed by atoms with Gasteiger partial charge in [-0.05, 0) is 33.7 Å². The third-order valence-electron chi connectivity index (χ3n) is 6.08. The second-order valence-electron chi connectivity index (χ2n) is 9.05. The maximum absolute atomic E-state index is 6.25. The van der Waals surface area contributed by atoms with Gasteiger partial charge in [0.05, 0.1) is 13.2 Å². The molecule has 1 heterocycles. The first kappa shape index (κ1) is 25.6. The van der Waals surface area contributed by atoms with Crippen LogP contribution in [-0.4, -0.2) is 13.2 Å². The Bertz CT molecular complexity index is 1080. The smallest absolute Gasteiger partial charge is 0.127 e. The van der Waals surface area contributed by atoms with E-state index >= 15 is 0 Å². The molecule has 2 heteroatoms. The summed E-state index contributed by atoms with van der Waals surface area (Å²) in [7, 11) is 0. The van der Waals surface area contributed by atoms with Crippen LogP contribution in [-0.2, 0) is 0 Å². The van der Waals surface area contributed by atoms with E-state index < -0.39 is 0 Å². The molecule has 0 radical (unpaired) electrons. The van der Waals surface area contributed by atoms with Gasteiger partial charge in [0.1, 0.15) is 11.5 Å². The number of fused-ring (bicyclic) bond motifs is 7. The molecule has 0 bridgehead atoms. The summed E-state index contributed by atoms with van der Waals surface area (Å²) in [6, 6.07) is 25.4. The monoisotopic (exact) mass is 456 g/mol. The summed E-state index contributed by atoms with van der Waals surface area (Å²) in [4.78, 5) is 0. The fraction of sp³-hybridized carbons (Fsp3) is 0.375. The maximum atomic E-state index is 6.25. The molecule has 0 spiro atoms. The molecular weight excluding hydrogens is 416 g/mol. The number of unbranched alkanes of at least 4 members (excludes halogenated alkanes) is 2. The lowest BCUT2D eigenvalue weighted by Gasteiger charge is -2.17. The van der Waals surface area contributed by atoms with Gasteiger partial charge in [-0.15, -0.1) is 0 Å². The van der Waals surface area contributed by atoms with E-state index in [2.05, 4.69) is 107 Å². The molecule has 4 aromatic carbocycles. The highest BCUT2D eigenvalue weighted by Crippen LogP contribution is 2.46. The molecule has 0 saturated carbocycles. The van der Waals surface area contributed by atoms with Crippen LogP contribution in [0.15, 0.2) is 72.8 Å². The third-order valence-corrected chi connectivity index (χ3v) is 6.08. The van der Waals surface area contributed by atoms with Crippen molar-refractivity contribution in [1.82, 2.24) is 0 Å². The fourth-order valence-corrected chi connectivity index (χ4v) is 3.77. The van der Waals surface area contributed by atoms with Gasteiger partial charge in [-0.25, -0.2) is 0 Å². The van der Waals surface area contributed by atoms with E-state index in [4.69, 9.17) is 9.47 Å². The second-order valence-corrected chi connectivity index (χ2v) is 9.05. The first-order chi connectivity index (χ1) is 16.6. The zero-order chi connectivity index (χ0) is 24.3. The summed E-state index contributed by atoms with van der Waals surface area (Å²) < 4.78 is 12.5. The van der Waals surface area contributed by atoms with Crippen molar-refractivity contribution in [3.63, 3.8) is 0 Å². The molecule has 34 heavy (non-hydrogen) atoms. The van der Waals surface area contributed by atoms with Crippen molar-refractivity contribution in [2.45, 2.75) is 60.3 Å². The van der Waals surface area contributed by atoms with Crippen molar-refractivity contribution in [2.24, 2.45) is 5.92 Å². The van der Waals surface area contributed by atoms with Gasteiger partial charge in [-0.3, -0.25) is 0 Å². The molecule has 0 unspecified atom stereocenters. The van der Waals surface area contributed by atoms with E-state index in [0.717, 1.165) is 22.6 Å². The van der Waals surface area contributed by atoms with Gasteiger partial charge in [-0.1, -0.05) is 121 Å². The van der Waals surface area contributed by atoms with Gasteiger partial charge in [-0.2, -0.15) is 0 Å². The number of rotatable bonds is 2. The van der Waals surface area contributed by atoms with Gasteiger partial charge in [0.25, 0.3) is 0 Å². The normalized spacial score (nSPS) is 12.9. The van der Waals surface area contributed by atoms with Gasteiger partial charge in [0.2, 0.25) is 0 Å². The molecule has 0 atom stereocenters. The van der Waals surface area contributed by atoms with Crippen molar-refractivity contribution in [2.75, 3.05) is 13.2 Å². The topological polar surface area (TPSA) is 18.5 Å². The van der Waals surface area contributed by atoms with Gasteiger partial charge in [0.15, 0.2) is 0 Å². The van der Waals surface area contributed by atoms with E-state index in [1.54, 1.807) is 0 Å². The first-order valence-electron chi connectivity index (χ1n) is 12.9. The Hall–Kier alpha value is -3.00. The highest BCUT2D eigenvalue weighted by atomic mass is 16.5. The summed E-state index contributed by atoms with van der Waals surface area (Å²) in [6.07, 6.45) is 5.28. The Morgan fingerprint density at radius 2 is 0.941 bits per heavy atom. The first-order valence-corrected chi connectivity index (χ1v) is 12.9. The standard InChI is InChI=1S/C24H20O2.2C4H10/c1-16-14-25-21-12-10-17-6-2-4-8-19(17)23(21)24-20-9-5-3-7-18(20)11-13-22(24)26-15-16;2*1-3-4-2/h2-13,16H,14-15H2,1H3;2*3-4H2,1-2H3. The van der Waals surface area contributed by atoms with Crippen molar-refractivity contribution in [3.05, 3.63) is 72.8 Å². The van der Waals surface area contributed by atoms with E-state index in [1.807, 2.05) is 0 Å². The lowest BCUT2D eigenvalue weighted by atomic mass is 9.92. The number of ether oxygens (including phenoxy) is 2. The molecule has 1 aliphatic heterocycles. The van der Waals surface area contributed by atoms with Crippen molar-refractivity contribution >= 4 is 21.5 Å². The van der Waals surface area contributed by atoms with Crippen molar-refractivity contribution in [1.29, 1.82) is 0 Å². The predicted octanol–water partition coefficient (Wildman–Crippen LogP) is 9.68. The van der Waals surface area contributed by atoms with Gasteiger partial charge < -0.3 is 9.47 Å². The lowest BCUT2D eigenvalue weighted by Crippen LogP contribution is -2.15. The largest absolute Gasteiger partial charge is 0.493 e. The summed E-state index contributed by atoms with van der Waals surface area (Å²) in [6.45, 7) is 12.2. The molecule has 0 fully saturated rings. The highest BCUT2D eigenvalue weighted by Gasteiger charge is 2.21. The minimum Gasteiger partial charge on any atom is -0.493 e. The lowest BCUT2D eigenvalue weighted by molar-refractivity contribution is 0.192. The zero-order valence-electron chi connectivity index (χ0n) is 21.6. The van der Waals surface area contributed by atoms with Crippen molar-refractivity contribution < 1.29 is 9.47 Å². The van der Waals surface area contributed by atoms with Crippen LogP contribution < -0.4 is 9.47 Å². The second kappa shape index (κ2) is 13.0. The van der Waals surface area contributed by atoms with Crippen LogP contribution in [0.4, 0.5) is 0 Å². The molecule has 0 amide bonds. The van der Waals surface area contributed by atoms with Crippen LogP contribution in [0.5, 0.6) is 11.5 Å². The average Bonchev–Trinajstić information content (AvgIpc) is 2.97. The third kappa shape index (κ3) is 6.11. The van der Waals surface area contributed by atoms with Crippen molar-refractivity contribution in [3.8, 4) is 22.6 Å². The number of benzene rings is 4. The molecule has 1 aliphatic rings. The van der Waals surface area contributed by atoms with E-state index in [9.17, 15) is 0 Å². The average molecular weight is 457 g/mol. The summed E-state index contributed by atoms with van der Waals surface area (Å²) >= 11 is 0. The molecule has 0 aliphatic carbocycles. The summed E-state index contributed by atoms with van der Waals surface area (Å²) in [5, 5.41) is 4.81. The summed E-state index contributed by atoms with van der Waals surface area (Å²) in [5.74, 6) is 2.18. The molecule has 0 aromatic heterocycles. The van der Waals surface area contributed by atoms with Crippen LogP contribution in [0, 0.1) is 5.92 Å². The van der Waals surface area contributed by atoms with Gasteiger partial charge in [0, 0.05) is 17.0 Å². The SMILES string of the molecule is CC1COc2ccc3ccccc3c2-c2c(ccc3ccccc23)OC1.CCCC.CCCC. The van der Waals surface area contributed by atoms with E-state index in [0.29, 0.717) is 19.1 Å². The molecule has 0 saturated heterocycles. The molecule has 4 aromatic rings. The van der Waals surface area contributed by atoms with Crippen LogP contribution in [0.1, 0.15) is 60.3 Å². The Morgan fingerprint density at radius 1 is 0.559 bits per heavy atom. The van der Waals surface area contributed by atoms with E-state index in [-0.39, 0.29) is 0 Å². The minimum absolute atomic E-state index is 0.326. The molecule has 180 valence electrons. The maximum Gasteiger partial charge on any atom is 0.127 e. The number of hydrogen-bond donors (Lipinski definition) is 0. The van der Waals surface area contributed by atoms with Gasteiger partial charge >= 0.3 is 0 Å². The highest BCUT2D eigenvalue weighted by molar-refractivity contribution is 6.09. The number of hydrogen-bond acceptors (Lipinski definition) is 2. The zero-order valence-corrected chi connectivity index (χ0v) is 21.6. The summed E-state index contributed by atoms with van der Waals surface area (Å²) in [5.41, 5.74) is 2.26. The molecule has 0 N–H and O–H groups in total. The van der Waals surface area contributed by atoms with Crippen LogP contribution >= 0.6 is 0 Å². The molecule has 5 rings (SSSR count). The predicted molar refractivity (Wildman–Crippen MR) is 148 cm³/mol. The molecular formula is C32H40O2. The Balaban J connectivity index is 0.000000355. The van der Waals surface area contributed by atoms with Crippen LogP contribution in [0.2, 0.25) is 0 Å². The Morgan fingerprint density at radius 3 is 1.32 bits per heavy atom. The fourth-order valence-electron chi connectivity index (χ4n) is 3.77. The van der Waals surface area contributed by atoms with Crippen LogP contribution in [0.3, 0.4) is 0 Å². The Kier molecular flexibility index (Phi) is 9.82. The molecule has 2 nitrogen and oxygen atoms in total. The Labute approximate surface area is 205 Å². The quantitative estimate of drug-likeness (QED) is 0.299. The van der Waals surface area contributed by atoms with Crippen LogP contribution in [0.25, 0.3) is 32.7 Å². The van der Waals surface area contributed by atoms with E-state index in [1.165, 1.54) is 47.2 Å².